The molecular weight excluding hydrogens is 252 g/mol. The Morgan fingerprint density at radius 1 is 1.37 bits per heavy atom. The second kappa shape index (κ2) is 4.30. The minimum absolute atomic E-state index is 0.0418. The van der Waals surface area contributed by atoms with E-state index >= 15 is 0 Å². The molecule has 19 heavy (non-hydrogen) atoms. The molecule has 2 rings (SSSR count). The van der Waals surface area contributed by atoms with Gasteiger partial charge in [0.2, 0.25) is 5.91 Å². The quantitative estimate of drug-likeness (QED) is 0.687. The molecule has 8 heteroatoms. The number of hydrogen-bond acceptors (Lipinski definition) is 6. The molecule has 1 saturated heterocycles. The Bertz CT molecular complexity index is 552. The van der Waals surface area contributed by atoms with E-state index in [4.69, 9.17) is 5.11 Å². The molecule has 100 valence electrons. The number of carboxylic acid groups (broad SMARTS) is 1. The Hall–Kier alpha value is -2.51. The van der Waals surface area contributed by atoms with Crippen LogP contribution in [0.1, 0.15) is 24.3 Å². The predicted molar refractivity (Wildman–Crippen MR) is 63.6 cm³/mol. The van der Waals surface area contributed by atoms with Gasteiger partial charge in [-0.3, -0.25) is 14.9 Å². The molecular formula is C11H12N4O4. The summed E-state index contributed by atoms with van der Waals surface area (Å²) in [6.07, 6.45) is 0. The summed E-state index contributed by atoms with van der Waals surface area (Å²) < 4.78 is 0. The van der Waals surface area contributed by atoms with Gasteiger partial charge in [0.05, 0.1) is 6.54 Å². The lowest BCUT2D eigenvalue weighted by Crippen LogP contribution is -2.64. The van der Waals surface area contributed by atoms with Crippen molar-refractivity contribution in [2.45, 2.75) is 19.4 Å². The van der Waals surface area contributed by atoms with Gasteiger partial charge < -0.3 is 10.0 Å². The summed E-state index contributed by atoms with van der Waals surface area (Å²) in [5, 5.41) is 18.3. The lowest BCUT2D eigenvalue weighted by atomic mass is 9.99. The molecule has 1 aliphatic heterocycles. The highest BCUT2D eigenvalue weighted by molar-refractivity contribution is 6.06. The van der Waals surface area contributed by atoms with Crippen molar-refractivity contribution in [2.24, 2.45) is 0 Å². The van der Waals surface area contributed by atoms with Crippen LogP contribution in [0.15, 0.2) is 12.1 Å². The minimum atomic E-state index is -1.19. The number of anilines is 1. The average molecular weight is 264 g/mol. The molecule has 2 N–H and O–H groups in total. The molecule has 0 spiro atoms. The van der Waals surface area contributed by atoms with E-state index in [1.807, 2.05) is 0 Å². The van der Waals surface area contributed by atoms with Crippen molar-refractivity contribution in [3.8, 4) is 0 Å². The third-order valence-corrected chi connectivity index (χ3v) is 2.93. The average Bonchev–Trinajstić information content (AvgIpc) is 2.34. The van der Waals surface area contributed by atoms with Crippen molar-refractivity contribution < 1.29 is 19.5 Å². The smallest absolute Gasteiger partial charge is 0.356 e. The highest BCUT2D eigenvalue weighted by Gasteiger charge is 2.41. The minimum Gasteiger partial charge on any atom is -0.476 e. The molecule has 0 aromatic carbocycles. The fourth-order valence-electron chi connectivity index (χ4n) is 1.73. The Labute approximate surface area is 108 Å². The van der Waals surface area contributed by atoms with Gasteiger partial charge in [0.25, 0.3) is 5.91 Å². The first-order valence-electron chi connectivity index (χ1n) is 5.51. The van der Waals surface area contributed by atoms with Crippen LogP contribution in [0.5, 0.6) is 0 Å². The van der Waals surface area contributed by atoms with Crippen molar-refractivity contribution in [1.29, 1.82) is 0 Å². The summed E-state index contributed by atoms with van der Waals surface area (Å²) in [6, 6.07) is 2.70. The van der Waals surface area contributed by atoms with Gasteiger partial charge in [-0.25, -0.2) is 4.79 Å². The summed E-state index contributed by atoms with van der Waals surface area (Å²) >= 11 is 0. The topological polar surface area (TPSA) is 112 Å². The molecule has 1 aromatic rings. The normalized spacial score (nSPS) is 18.1. The summed E-state index contributed by atoms with van der Waals surface area (Å²) in [6.45, 7) is 3.24. The van der Waals surface area contributed by atoms with Crippen molar-refractivity contribution in [3.63, 3.8) is 0 Å². The largest absolute Gasteiger partial charge is 0.476 e. The molecule has 1 aliphatic rings. The molecule has 1 aromatic heterocycles. The lowest BCUT2D eigenvalue weighted by molar-refractivity contribution is -0.135. The Kier molecular flexibility index (Phi) is 2.93. The first-order chi connectivity index (χ1) is 8.82. The predicted octanol–water partition coefficient (Wildman–Crippen LogP) is -0.584. The highest BCUT2D eigenvalue weighted by atomic mass is 16.4. The third kappa shape index (κ3) is 2.24. The van der Waals surface area contributed by atoms with Crippen LogP contribution in [0.3, 0.4) is 0 Å². The number of hydrogen-bond donors (Lipinski definition) is 2. The lowest BCUT2D eigenvalue weighted by Gasteiger charge is -2.40. The van der Waals surface area contributed by atoms with Crippen molar-refractivity contribution >= 4 is 23.6 Å². The van der Waals surface area contributed by atoms with Crippen molar-refractivity contribution in [1.82, 2.24) is 15.5 Å². The number of rotatable bonds is 2. The van der Waals surface area contributed by atoms with E-state index in [-0.39, 0.29) is 18.1 Å². The number of imide groups is 1. The van der Waals surface area contributed by atoms with Gasteiger partial charge >= 0.3 is 5.97 Å². The second-order valence-corrected chi connectivity index (χ2v) is 4.60. The standard InChI is InChI=1S/C11H12N4O4/c1-11(2)10(19)12-8(16)5-15(11)7-4-3-6(9(17)18)13-14-7/h3-4H,5H2,1-2H3,(H,17,18)(H,12,16,19). The Morgan fingerprint density at radius 3 is 2.58 bits per heavy atom. The molecule has 8 nitrogen and oxygen atoms in total. The second-order valence-electron chi connectivity index (χ2n) is 4.60. The molecule has 2 amide bonds. The van der Waals surface area contributed by atoms with Crippen LogP contribution >= 0.6 is 0 Å². The highest BCUT2D eigenvalue weighted by Crippen LogP contribution is 2.24. The molecule has 1 fully saturated rings. The maximum atomic E-state index is 11.8. The monoisotopic (exact) mass is 264 g/mol. The van der Waals surface area contributed by atoms with Gasteiger partial charge in [0.1, 0.15) is 5.54 Å². The Balaban J connectivity index is 2.36. The van der Waals surface area contributed by atoms with Crippen LogP contribution in [0.4, 0.5) is 5.82 Å². The number of nitrogens with zero attached hydrogens (tertiary/aromatic N) is 3. The van der Waals surface area contributed by atoms with Crippen LogP contribution in [0, 0.1) is 0 Å². The summed E-state index contributed by atoms with van der Waals surface area (Å²) in [7, 11) is 0. The van der Waals surface area contributed by atoms with Crippen molar-refractivity contribution in [2.75, 3.05) is 11.4 Å². The third-order valence-electron chi connectivity index (χ3n) is 2.93. The van der Waals surface area contributed by atoms with Gasteiger partial charge in [0, 0.05) is 0 Å². The Morgan fingerprint density at radius 2 is 2.05 bits per heavy atom. The van der Waals surface area contributed by atoms with Gasteiger partial charge in [-0.1, -0.05) is 0 Å². The fourth-order valence-corrected chi connectivity index (χ4v) is 1.73. The summed E-state index contributed by atoms with van der Waals surface area (Å²) in [4.78, 5) is 35.3. The van der Waals surface area contributed by atoms with Gasteiger partial charge in [-0.15, -0.1) is 10.2 Å². The number of carbonyl (C=O) groups is 3. The van der Waals surface area contributed by atoms with Gasteiger partial charge in [0.15, 0.2) is 11.5 Å². The van der Waals surface area contributed by atoms with E-state index in [1.54, 1.807) is 13.8 Å². The number of piperazine rings is 1. The van der Waals surface area contributed by atoms with Crippen LogP contribution < -0.4 is 10.2 Å². The van der Waals surface area contributed by atoms with E-state index in [0.717, 1.165) is 0 Å². The van der Waals surface area contributed by atoms with E-state index in [0.29, 0.717) is 0 Å². The van der Waals surface area contributed by atoms with Crippen LogP contribution in [0.25, 0.3) is 0 Å². The summed E-state index contributed by atoms with van der Waals surface area (Å²) in [5.41, 5.74) is -1.16. The zero-order valence-corrected chi connectivity index (χ0v) is 10.4. The number of aromatic nitrogens is 2. The van der Waals surface area contributed by atoms with Crippen LogP contribution in [0.2, 0.25) is 0 Å². The number of carboxylic acids is 1. The zero-order valence-electron chi connectivity index (χ0n) is 10.4. The zero-order chi connectivity index (χ0) is 14.2. The maximum absolute atomic E-state index is 11.8. The SMILES string of the molecule is CC1(C)C(=O)NC(=O)CN1c1ccc(C(=O)O)nn1. The van der Waals surface area contributed by atoms with E-state index < -0.39 is 23.3 Å². The fraction of sp³-hybridized carbons (Fsp3) is 0.364. The molecule has 0 bridgehead atoms. The maximum Gasteiger partial charge on any atom is 0.356 e. The molecule has 0 atom stereocenters. The van der Waals surface area contributed by atoms with Gasteiger partial charge in [-0.05, 0) is 26.0 Å². The van der Waals surface area contributed by atoms with E-state index in [2.05, 4.69) is 15.5 Å². The number of aromatic carboxylic acids is 1. The van der Waals surface area contributed by atoms with Crippen LogP contribution in [-0.4, -0.2) is 45.2 Å². The first kappa shape index (κ1) is 12.9. The molecule has 0 unspecified atom stereocenters. The first-order valence-corrected chi connectivity index (χ1v) is 5.51. The van der Waals surface area contributed by atoms with Crippen molar-refractivity contribution in [3.05, 3.63) is 17.8 Å². The molecule has 0 aliphatic carbocycles. The number of carbonyl (C=O) groups excluding carboxylic acids is 2. The van der Waals surface area contributed by atoms with E-state index in [9.17, 15) is 14.4 Å². The van der Waals surface area contributed by atoms with E-state index in [1.165, 1.54) is 17.0 Å². The molecule has 0 saturated carbocycles. The number of nitrogens with one attached hydrogen (secondary N) is 1. The molecule has 2 heterocycles. The van der Waals surface area contributed by atoms with Crippen LogP contribution in [-0.2, 0) is 9.59 Å². The number of amides is 2. The van der Waals surface area contributed by atoms with Gasteiger partial charge in [-0.2, -0.15) is 0 Å². The molecule has 0 radical (unpaired) electrons. The summed E-state index contributed by atoms with van der Waals surface area (Å²) in [5.74, 6) is -1.79.